The standard InChI is InChI=1S/C15H22N2O2/c1-15(2,3)19-14(18)17-16-13-9-12(10-13)11-7-5-4-6-8-11/h4-8,12-13,16H,9-10H2,1-3H3,(H,17,18). The van der Waals surface area contributed by atoms with Crippen LogP contribution in [0.15, 0.2) is 30.3 Å². The first-order valence-electron chi connectivity index (χ1n) is 6.73. The molecular weight excluding hydrogens is 240 g/mol. The number of hydrazine groups is 1. The highest BCUT2D eigenvalue weighted by Crippen LogP contribution is 2.36. The molecule has 4 heteroatoms. The van der Waals surface area contributed by atoms with E-state index in [0.29, 0.717) is 12.0 Å². The van der Waals surface area contributed by atoms with Crippen molar-refractivity contribution in [2.24, 2.45) is 0 Å². The molecule has 2 rings (SSSR count). The third-order valence-electron chi connectivity index (χ3n) is 3.19. The Morgan fingerprint density at radius 3 is 2.42 bits per heavy atom. The molecule has 1 saturated carbocycles. The molecule has 0 heterocycles. The van der Waals surface area contributed by atoms with Crippen LogP contribution in [0.25, 0.3) is 0 Å². The minimum atomic E-state index is -0.460. The molecule has 0 unspecified atom stereocenters. The molecule has 19 heavy (non-hydrogen) atoms. The van der Waals surface area contributed by atoms with E-state index in [-0.39, 0.29) is 0 Å². The second-order valence-corrected chi connectivity index (χ2v) is 6.05. The number of benzene rings is 1. The molecule has 1 amide bonds. The summed E-state index contributed by atoms with van der Waals surface area (Å²) in [6.07, 6.45) is 1.66. The predicted octanol–water partition coefficient (Wildman–Crippen LogP) is 2.96. The van der Waals surface area contributed by atoms with Gasteiger partial charge in [0.25, 0.3) is 0 Å². The fraction of sp³-hybridized carbons (Fsp3) is 0.533. The average molecular weight is 262 g/mol. The van der Waals surface area contributed by atoms with Crippen molar-refractivity contribution in [2.45, 2.75) is 51.2 Å². The van der Waals surface area contributed by atoms with E-state index < -0.39 is 11.7 Å². The minimum absolute atomic E-state index is 0.331. The normalized spacial score (nSPS) is 22.5. The van der Waals surface area contributed by atoms with Crippen molar-refractivity contribution >= 4 is 6.09 Å². The minimum Gasteiger partial charge on any atom is -0.443 e. The van der Waals surface area contributed by atoms with Crippen molar-refractivity contribution in [2.75, 3.05) is 0 Å². The monoisotopic (exact) mass is 262 g/mol. The Morgan fingerprint density at radius 1 is 1.21 bits per heavy atom. The fourth-order valence-corrected chi connectivity index (χ4v) is 2.20. The van der Waals surface area contributed by atoms with Gasteiger partial charge in [-0.3, -0.25) is 5.43 Å². The third-order valence-corrected chi connectivity index (χ3v) is 3.19. The quantitative estimate of drug-likeness (QED) is 0.823. The molecule has 0 aromatic heterocycles. The number of carbonyl (C=O) groups is 1. The molecule has 1 aromatic carbocycles. The average Bonchev–Trinajstić information content (AvgIpc) is 2.26. The summed E-state index contributed by atoms with van der Waals surface area (Å²) in [5.74, 6) is 0.596. The van der Waals surface area contributed by atoms with Gasteiger partial charge in [0.1, 0.15) is 5.60 Å². The van der Waals surface area contributed by atoms with Gasteiger partial charge in [0, 0.05) is 6.04 Å². The van der Waals surface area contributed by atoms with Crippen molar-refractivity contribution in [3.8, 4) is 0 Å². The summed E-state index contributed by atoms with van der Waals surface area (Å²) in [5.41, 5.74) is 6.53. The van der Waals surface area contributed by atoms with Gasteiger partial charge in [0.15, 0.2) is 0 Å². The maximum atomic E-state index is 11.5. The van der Waals surface area contributed by atoms with Crippen molar-refractivity contribution in [3.63, 3.8) is 0 Å². The van der Waals surface area contributed by atoms with Crippen LogP contribution in [0.4, 0.5) is 4.79 Å². The van der Waals surface area contributed by atoms with E-state index in [1.165, 1.54) is 5.56 Å². The molecular formula is C15H22N2O2. The number of hydrogen-bond acceptors (Lipinski definition) is 3. The molecule has 0 spiro atoms. The van der Waals surface area contributed by atoms with Gasteiger partial charge in [-0.1, -0.05) is 30.3 Å². The van der Waals surface area contributed by atoms with E-state index in [0.717, 1.165) is 12.8 Å². The summed E-state index contributed by atoms with van der Waals surface area (Å²) >= 11 is 0. The first-order valence-corrected chi connectivity index (χ1v) is 6.73. The Morgan fingerprint density at radius 2 is 1.84 bits per heavy atom. The van der Waals surface area contributed by atoms with Crippen LogP contribution in [0.2, 0.25) is 0 Å². The zero-order valence-corrected chi connectivity index (χ0v) is 11.8. The number of amides is 1. The molecule has 1 aliphatic carbocycles. The molecule has 4 nitrogen and oxygen atoms in total. The number of rotatable bonds is 3. The van der Waals surface area contributed by atoms with E-state index in [9.17, 15) is 4.79 Å². The van der Waals surface area contributed by atoms with E-state index in [1.54, 1.807) is 0 Å². The number of carbonyl (C=O) groups excluding carboxylic acids is 1. The molecule has 0 radical (unpaired) electrons. The lowest BCUT2D eigenvalue weighted by Crippen LogP contribution is -2.50. The van der Waals surface area contributed by atoms with Gasteiger partial charge < -0.3 is 4.74 Å². The van der Waals surface area contributed by atoms with Crippen LogP contribution in [-0.2, 0) is 4.74 Å². The van der Waals surface area contributed by atoms with E-state index >= 15 is 0 Å². The Labute approximate surface area is 114 Å². The summed E-state index contributed by atoms with van der Waals surface area (Å²) in [7, 11) is 0. The van der Waals surface area contributed by atoms with Gasteiger partial charge in [0.05, 0.1) is 0 Å². The van der Waals surface area contributed by atoms with Gasteiger partial charge in [-0.15, -0.1) is 0 Å². The van der Waals surface area contributed by atoms with Crippen molar-refractivity contribution < 1.29 is 9.53 Å². The van der Waals surface area contributed by atoms with Gasteiger partial charge in [0.2, 0.25) is 0 Å². The van der Waals surface area contributed by atoms with Gasteiger partial charge in [-0.2, -0.15) is 0 Å². The molecule has 0 atom stereocenters. The summed E-state index contributed by atoms with van der Waals surface area (Å²) in [5, 5.41) is 0. The number of ether oxygens (including phenoxy) is 1. The Kier molecular flexibility index (Phi) is 4.10. The molecule has 1 aromatic rings. The van der Waals surface area contributed by atoms with E-state index in [4.69, 9.17) is 4.74 Å². The van der Waals surface area contributed by atoms with E-state index in [2.05, 4.69) is 35.1 Å². The highest BCUT2D eigenvalue weighted by molar-refractivity contribution is 5.67. The largest absolute Gasteiger partial charge is 0.443 e. The SMILES string of the molecule is CC(C)(C)OC(=O)NNC1CC(c2ccccc2)C1. The summed E-state index contributed by atoms with van der Waals surface area (Å²) in [6, 6.07) is 10.8. The second-order valence-electron chi connectivity index (χ2n) is 6.05. The van der Waals surface area contributed by atoms with Crippen LogP contribution in [0.1, 0.15) is 45.1 Å². The predicted molar refractivity (Wildman–Crippen MR) is 74.7 cm³/mol. The smallest absolute Gasteiger partial charge is 0.422 e. The van der Waals surface area contributed by atoms with Crippen molar-refractivity contribution in [3.05, 3.63) is 35.9 Å². The maximum Gasteiger partial charge on any atom is 0.422 e. The lowest BCUT2D eigenvalue weighted by atomic mass is 9.76. The maximum absolute atomic E-state index is 11.5. The van der Waals surface area contributed by atoms with Crippen LogP contribution >= 0.6 is 0 Å². The third kappa shape index (κ3) is 4.24. The molecule has 1 aliphatic rings. The zero-order valence-electron chi connectivity index (χ0n) is 11.8. The molecule has 1 fully saturated rings. The van der Waals surface area contributed by atoms with Crippen molar-refractivity contribution in [1.82, 2.24) is 10.9 Å². The first-order chi connectivity index (χ1) is 8.94. The van der Waals surface area contributed by atoms with Crippen LogP contribution in [0.3, 0.4) is 0 Å². The number of nitrogens with one attached hydrogen (secondary N) is 2. The second kappa shape index (κ2) is 5.61. The summed E-state index contributed by atoms with van der Waals surface area (Å²) in [6.45, 7) is 5.55. The summed E-state index contributed by atoms with van der Waals surface area (Å²) in [4.78, 5) is 11.5. The highest BCUT2D eigenvalue weighted by atomic mass is 16.6. The Bertz CT molecular complexity index is 420. The van der Waals surface area contributed by atoms with Crippen LogP contribution in [0.5, 0.6) is 0 Å². The Hall–Kier alpha value is -1.55. The lowest BCUT2D eigenvalue weighted by Gasteiger charge is -2.36. The zero-order chi connectivity index (χ0) is 13.9. The van der Waals surface area contributed by atoms with Gasteiger partial charge in [-0.05, 0) is 45.1 Å². The van der Waals surface area contributed by atoms with Crippen LogP contribution in [-0.4, -0.2) is 17.7 Å². The van der Waals surface area contributed by atoms with Crippen LogP contribution in [0, 0.1) is 0 Å². The topological polar surface area (TPSA) is 50.4 Å². The number of hydrogen-bond donors (Lipinski definition) is 2. The van der Waals surface area contributed by atoms with Crippen molar-refractivity contribution in [1.29, 1.82) is 0 Å². The molecule has 104 valence electrons. The van der Waals surface area contributed by atoms with E-state index in [1.807, 2.05) is 26.8 Å². The molecule has 2 N–H and O–H groups in total. The first kappa shape index (κ1) is 13.9. The summed E-state index contributed by atoms with van der Waals surface area (Å²) < 4.78 is 5.16. The fourth-order valence-electron chi connectivity index (χ4n) is 2.20. The molecule has 0 saturated heterocycles. The molecule has 0 aliphatic heterocycles. The Balaban J connectivity index is 1.67. The highest BCUT2D eigenvalue weighted by Gasteiger charge is 2.30. The lowest BCUT2D eigenvalue weighted by molar-refractivity contribution is 0.0471. The van der Waals surface area contributed by atoms with Crippen LogP contribution < -0.4 is 10.9 Å². The van der Waals surface area contributed by atoms with Gasteiger partial charge in [-0.25, -0.2) is 10.2 Å². The molecule has 0 bridgehead atoms. The van der Waals surface area contributed by atoms with Gasteiger partial charge >= 0.3 is 6.09 Å².